The number of aryl methyl sites for hydroxylation is 1. The van der Waals surface area contributed by atoms with E-state index in [0.29, 0.717) is 0 Å². The Morgan fingerprint density at radius 3 is 2.60 bits per heavy atom. The molecule has 0 unspecified atom stereocenters. The highest BCUT2D eigenvalue weighted by atomic mass is 15.4. The Morgan fingerprint density at radius 1 is 1.10 bits per heavy atom. The molecular weight excluding hydrogens is 248 g/mol. The van der Waals surface area contributed by atoms with Crippen molar-refractivity contribution in [3.8, 4) is 5.69 Å². The molecule has 0 amide bonds. The molecule has 20 heavy (non-hydrogen) atoms. The zero-order chi connectivity index (χ0) is 14.2. The lowest BCUT2D eigenvalue weighted by molar-refractivity contribution is 0.662. The molecule has 0 saturated carbocycles. The van der Waals surface area contributed by atoms with Gasteiger partial charge in [-0.05, 0) is 43.5 Å². The molecule has 1 heterocycles. The summed E-state index contributed by atoms with van der Waals surface area (Å²) >= 11 is 0. The first-order chi connectivity index (χ1) is 9.83. The molecule has 1 aromatic carbocycles. The van der Waals surface area contributed by atoms with Gasteiger partial charge in [0.1, 0.15) is 0 Å². The first-order valence-electron chi connectivity index (χ1n) is 7.54. The van der Waals surface area contributed by atoms with Crippen LogP contribution < -0.4 is 5.32 Å². The van der Waals surface area contributed by atoms with Crippen LogP contribution in [0.2, 0.25) is 0 Å². The highest BCUT2D eigenvalue weighted by molar-refractivity contribution is 5.33. The largest absolute Gasteiger partial charge is 0.311 e. The van der Waals surface area contributed by atoms with Gasteiger partial charge in [-0.1, -0.05) is 37.6 Å². The lowest BCUT2D eigenvalue weighted by Crippen LogP contribution is -2.13. The Labute approximate surface area is 121 Å². The monoisotopic (exact) mass is 272 g/mol. The SMILES string of the molecule is CCCCc1ccc(-n2cc(CNCCC)nn2)cc1. The smallest absolute Gasteiger partial charge is 0.0969 e. The summed E-state index contributed by atoms with van der Waals surface area (Å²) in [7, 11) is 0. The molecule has 0 fully saturated rings. The van der Waals surface area contributed by atoms with E-state index in [1.165, 1.54) is 18.4 Å². The van der Waals surface area contributed by atoms with E-state index in [1.54, 1.807) is 0 Å². The van der Waals surface area contributed by atoms with Gasteiger partial charge in [-0.25, -0.2) is 4.68 Å². The number of hydrogen-bond acceptors (Lipinski definition) is 3. The molecular formula is C16H24N4. The zero-order valence-corrected chi connectivity index (χ0v) is 12.5. The Kier molecular flexibility index (Phi) is 5.74. The fraction of sp³-hybridized carbons (Fsp3) is 0.500. The van der Waals surface area contributed by atoms with Gasteiger partial charge < -0.3 is 5.32 Å². The maximum Gasteiger partial charge on any atom is 0.0969 e. The van der Waals surface area contributed by atoms with Crippen molar-refractivity contribution >= 4 is 0 Å². The van der Waals surface area contributed by atoms with E-state index in [-0.39, 0.29) is 0 Å². The fourth-order valence-electron chi connectivity index (χ4n) is 2.10. The predicted molar refractivity (Wildman–Crippen MR) is 82.0 cm³/mol. The van der Waals surface area contributed by atoms with Crippen molar-refractivity contribution in [2.45, 2.75) is 46.1 Å². The summed E-state index contributed by atoms with van der Waals surface area (Å²) < 4.78 is 1.84. The summed E-state index contributed by atoms with van der Waals surface area (Å²) in [5.74, 6) is 0. The lowest BCUT2D eigenvalue weighted by atomic mass is 10.1. The highest BCUT2D eigenvalue weighted by Gasteiger charge is 2.02. The molecule has 0 atom stereocenters. The lowest BCUT2D eigenvalue weighted by Gasteiger charge is -2.03. The normalized spacial score (nSPS) is 10.9. The van der Waals surface area contributed by atoms with Crippen molar-refractivity contribution in [2.75, 3.05) is 6.54 Å². The zero-order valence-electron chi connectivity index (χ0n) is 12.5. The second kappa shape index (κ2) is 7.80. The Morgan fingerprint density at radius 2 is 1.90 bits per heavy atom. The van der Waals surface area contributed by atoms with Crippen molar-refractivity contribution in [3.63, 3.8) is 0 Å². The van der Waals surface area contributed by atoms with E-state index < -0.39 is 0 Å². The molecule has 0 bridgehead atoms. The average molecular weight is 272 g/mol. The first kappa shape index (κ1) is 14.7. The minimum absolute atomic E-state index is 0.780. The second-order valence-electron chi connectivity index (χ2n) is 5.10. The van der Waals surface area contributed by atoms with Crippen LogP contribution in [0.15, 0.2) is 30.5 Å². The third-order valence-corrected chi connectivity index (χ3v) is 3.29. The molecule has 0 radical (unpaired) electrons. The second-order valence-corrected chi connectivity index (χ2v) is 5.10. The Hall–Kier alpha value is -1.68. The van der Waals surface area contributed by atoms with E-state index in [0.717, 1.165) is 37.3 Å². The molecule has 0 spiro atoms. The summed E-state index contributed by atoms with van der Waals surface area (Å²) in [6.45, 7) is 6.17. The van der Waals surface area contributed by atoms with Gasteiger partial charge in [-0.15, -0.1) is 5.10 Å². The van der Waals surface area contributed by atoms with Crippen LogP contribution in [0.3, 0.4) is 0 Å². The maximum atomic E-state index is 4.19. The van der Waals surface area contributed by atoms with Gasteiger partial charge in [0, 0.05) is 6.54 Å². The van der Waals surface area contributed by atoms with Crippen molar-refractivity contribution in [3.05, 3.63) is 41.7 Å². The number of hydrogen-bond donors (Lipinski definition) is 1. The van der Waals surface area contributed by atoms with E-state index in [2.05, 4.69) is 53.7 Å². The molecule has 1 N–H and O–H groups in total. The topological polar surface area (TPSA) is 42.7 Å². The minimum atomic E-state index is 0.780. The number of rotatable bonds is 8. The summed E-state index contributed by atoms with van der Waals surface area (Å²) in [5.41, 5.74) is 3.44. The van der Waals surface area contributed by atoms with Crippen LogP contribution in [0.5, 0.6) is 0 Å². The van der Waals surface area contributed by atoms with Crippen LogP contribution in [-0.4, -0.2) is 21.5 Å². The molecule has 2 aromatic rings. The third-order valence-electron chi connectivity index (χ3n) is 3.29. The number of nitrogens with one attached hydrogen (secondary N) is 1. The predicted octanol–water partition coefficient (Wildman–Crippen LogP) is 3.11. The molecule has 4 heteroatoms. The maximum absolute atomic E-state index is 4.19. The molecule has 0 aliphatic heterocycles. The van der Waals surface area contributed by atoms with Crippen molar-refractivity contribution in [1.82, 2.24) is 20.3 Å². The van der Waals surface area contributed by atoms with Gasteiger partial charge in [-0.3, -0.25) is 0 Å². The van der Waals surface area contributed by atoms with Gasteiger partial charge in [0.25, 0.3) is 0 Å². The quantitative estimate of drug-likeness (QED) is 0.751. The molecule has 0 aliphatic carbocycles. The summed E-state index contributed by atoms with van der Waals surface area (Å²) in [5, 5.41) is 11.7. The van der Waals surface area contributed by atoms with E-state index in [4.69, 9.17) is 0 Å². The van der Waals surface area contributed by atoms with Crippen LogP contribution in [0, 0.1) is 0 Å². The van der Waals surface area contributed by atoms with Crippen LogP contribution in [0.1, 0.15) is 44.4 Å². The van der Waals surface area contributed by atoms with Gasteiger partial charge in [0.15, 0.2) is 0 Å². The van der Waals surface area contributed by atoms with Crippen LogP contribution in [0.4, 0.5) is 0 Å². The molecule has 4 nitrogen and oxygen atoms in total. The van der Waals surface area contributed by atoms with Crippen molar-refractivity contribution < 1.29 is 0 Å². The number of nitrogens with zero attached hydrogens (tertiary/aromatic N) is 3. The molecule has 108 valence electrons. The Bertz CT molecular complexity index is 501. The van der Waals surface area contributed by atoms with Gasteiger partial charge >= 0.3 is 0 Å². The number of unbranched alkanes of at least 4 members (excludes halogenated alkanes) is 1. The van der Waals surface area contributed by atoms with Crippen molar-refractivity contribution in [2.24, 2.45) is 0 Å². The van der Waals surface area contributed by atoms with E-state index in [9.17, 15) is 0 Å². The average Bonchev–Trinajstić information content (AvgIpc) is 2.95. The number of aromatic nitrogens is 3. The minimum Gasteiger partial charge on any atom is -0.311 e. The highest BCUT2D eigenvalue weighted by Crippen LogP contribution is 2.11. The summed E-state index contributed by atoms with van der Waals surface area (Å²) in [4.78, 5) is 0. The van der Waals surface area contributed by atoms with Gasteiger partial charge in [0.05, 0.1) is 17.6 Å². The molecule has 0 aliphatic rings. The summed E-state index contributed by atoms with van der Waals surface area (Å²) in [6.07, 6.45) is 6.76. The van der Waals surface area contributed by atoms with Gasteiger partial charge in [-0.2, -0.15) is 0 Å². The van der Waals surface area contributed by atoms with Crippen LogP contribution in [0.25, 0.3) is 5.69 Å². The van der Waals surface area contributed by atoms with Crippen LogP contribution in [-0.2, 0) is 13.0 Å². The standard InChI is InChI=1S/C16H24N4/c1-3-5-6-14-7-9-16(10-8-14)20-13-15(18-19-20)12-17-11-4-2/h7-10,13,17H,3-6,11-12H2,1-2H3. The Balaban J connectivity index is 1.97. The number of benzene rings is 1. The van der Waals surface area contributed by atoms with Gasteiger partial charge in [0.2, 0.25) is 0 Å². The van der Waals surface area contributed by atoms with Crippen molar-refractivity contribution in [1.29, 1.82) is 0 Å². The molecule has 0 saturated heterocycles. The third kappa shape index (κ3) is 4.17. The van der Waals surface area contributed by atoms with E-state index in [1.807, 2.05) is 10.9 Å². The molecule has 2 rings (SSSR count). The molecule has 1 aromatic heterocycles. The van der Waals surface area contributed by atoms with Crippen LogP contribution >= 0.6 is 0 Å². The first-order valence-corrected chi connectivity index (χ1v) is 7.54. The fourth-order valence-corrected chi connectivity index (χ4v) is 2.10. The van der Waals surface area contributed by atoms with E-state index >= 15 is 0 Å². The summed E-state index contributed by atoms with van der Waals surface area (Å²) in [6, 6.07) is 8.59.